The lowest BCUT2D eigenvalue weighted by molar-refractivity contribution is 0.104. The van der Waals surface area contributed by atoms with Crippen molar-refractivity contribution in [1.29, 1.82) is 0 Å². The topological polar surface area (TPSA) is 50.8 Å². The summed E-state index contributed by atoms with van der Waals surface area (Å²) in [5.74, 6) is 1.03. The van der Waals surface area contributed by atoms with Crippen LogP contribution >= 0.6 is 0 Å². The van der Waals surface area contributed by atoms with Gasteiger partial charge in [0.15, 0.2) is 5.78 Å². The number of ether oxygens (including phenoxy) is 2. The molecular formula is C21H26N2O3. The number of carbonyl (C=O) groups is 1. The number of ketones is 1. The zero-order valence-electron chi connectivity index (χ0n) is 15.8. The minimum Gasteiger partial charge on any atom is -0.497 e. The molecule has 0 aliphatic rings. The van der Waals surface area contributed by atoms with Crippen molar-refractivity contribution >= 4 is 17.5 Å². The lowest BCUT2D eigenvalue weighted by Crippen LogP contribution is -2.21. The molecule has 0 atom stereocenters. The number of anilines is 1. The number of allylic oxidation sites excluding steroid dienone is 1. The Morgan fingerprint density at radius 2 is 1.88 bits per heavy atom. The van der Waals surface area contributed by atoms with E-state index in [0.717, 1.165) is 24.3 Å². The molecule has 0 aliphatic carbocycles. The van der Waals surface area contributed by atoms with Crippen molar-refractivity contribution in [3.63, 3.8) is 0 Å². The van der Waals surface area contributed by atoms with Crippen molar-refractivity contribution in [1.82, 2.24) is 4.90 Å². The second kappa shape index (κ2) is 9.63. The maximum absolute atomic E-state index is 12.6. The van der Waals surface area contributed by atoms with Crippen LogP contribution in [0.5, 0.6) is 11.5 Å². The molecule has 26 heavy (non-hydrogen) atoms. The monoisotopic (exact) mass is 354 g/mol. The van der Waals surface area contributed by atoms with Crippen molar-refractivity contribution in [2.24, 2.45) is 0 Å². The number of hydrogen-bond acceptors (Lipinski definition) is 5. The number of methoxy groups -OCH3 is 2. The first-order valence-corrected chi connectivity index (χ1v) is 8.47. The molecule has 2 aromatic carbocycles. The molecule has 2 aromatic rings. The van der Waals surface area contributed by atoms with E-state index in [0.29, 0.717) is 17.1 Å². The van der Waals surface area contributed by atoms with Crippen molar-refractivity contribution in [2.45, 2.75) is 0 Å². The Morgan fingerprint density at radius 1 is 1.12 bits per heavy atom. The maximum atomic E-state index is 12.6. The van der Waals surface area contributed by atoms with Crippen LogP contribution in [0.3, 0.4) is 0 Å². The second-order valence-electron chi connectivity index (χ2n) is 6.08. The fourth-order valence-electron chi connectivity index (χ4n) is 2.47. The summed E-state index contributed by atoms with van der Waals surface area (Å²) < 4.78 is 10.5. The molecule has 0 aromatic heterocycles. The van der Waals surface area contributed by atoms with Gasteiger partial charge in [0.05, 0.1) is 19.8 Å². The van der Waals surface area contributed by atoms with Gasteiger partial charge >= 0.3 is 0 Å². The standard InChI is InChI=1S/C21H26N2O3/c1-23(2)14-13-22-19-8-6-5-7-16(19)9-12-20(24)18-11-10-17(25-3)15-21(18)26-4/h5-12,15,22H,13-14H2,1-4H3. The van der Waals surface area contributed by atoms with Crippen LogP contribution in [0.25, 0.3) is 6.08 Å². The van der Waals surface area contributed by atoms with Crippen LogP contribution in [-0.4, -0.2) is 52.1 Å². The van der Waals surface area contributed by atoms with Crippen LogP contribution in [0.15, 0.2) is 48.5 Å². The summed E-state index contributed by atoms with van der Waals surface area (Å²) in [6.45, 7) is 1.76. The molecule has 0 saturated carbocycles. The van der Waals surface area contributed by atoms with E-state index in [-0.39, 0.29) is 5.78 Å². The summed E-state index contributed by atoms with van der Waals surface area (Å²) in [6, 6.07) is 13.1. The number of nitrogens with zero attached hydrogens (tertiary/aromatic N) is 1. The summed E-state index contributed by atoms with van der Waals surface area (Å²) in [6.07, 6.45) is 3.39. The molecule has 0 bridgehead atoms. The van der Waals surface area contributed by atoms with Crippen LogP contribution in [0.2, 0.25) is 0 Å². The Balaban J connectivity index is 2.16. The summed E-state index contributed by atoms with van der Waals surface area (Å²) in [7, 11) is 7.19. The summed E-state index contributed by atoms with van der Waals surface area (Å²) >= 11 is 0. The average molecular weight is 354 g/mol. The SMILES string of the molecule is COc1ccc(C(=O)C=Cc2ccccc2NCCN(C)C)c(OC)c1. The Morgan fingerprint density at radius 3 is 2.58 bits per heavy atom. The predicted molar refractivity (Wildman–Crippen MR) is 106 cm³/mol. The molecule has 0 heterocycles. The van der Waals surface area contributed by atoms with Gasteiger partial charge in [-0.05, 0) is 50.0 Å². The zero-order valence-corrected chi connectivity index (χ0v) is 15.8. The van der Waals surface area contributed by atoms with E-state index in [2.05, 4.69) is 10.2 Å². The average Bonchev–Trinajstić information content (AvgIpc) is 2.66. The molecule has 5 heteroatoms. The molecule has 2 rings (SSSR count). The molecule has 0 spiro atoms. The molecule has 0 aliphatic heterocycles. The first kappa shape index (κ1) is 19.5. The first-order chi connectivity index (χ1) is 12.5. The van der Waals surface area contributed by atoms with Gasteiger partial charge in [0.25, 0.3) is 0 Å². The highest BCUT2D eigenvalue weighted by molar-refractivity contribution is 6.09. The Hall–Kier alpha value is -2.79. The third-order valence-electron chi connectivity index (χ3n) is 3.92. The van der Waals surface area contributed by atoms with E-state index in [1.165, 1.54) is 0 Å². The lowest BCUT2D eigenvalue weighted by atomic mass is 10.1. The van der Waals surface area contributed by atoms with Crippen molar-refractivity contribution in [3.05, 3.63) is 59.7 Å². The minimum absolute atomic E-state index is 0.118. The predicted octanol–water partition coefficient (Wildman–Crippen LogP) is 3.57. The zero-order chi connectivity index (χ0) is 18.9. The van der Waals surface area contributed by atoms with Gasteiger partial charge in [0, 0.05) is 24.8 Å². The molecular weight excluding hydrogens is 328 g/mol. The van der Waals surface area contributed by atoms with E-state index in [9.17, 15) is 4.79 Å². The number of hydrogen-bond donors (Lipinski definition) is 1. The third-order valence-corrected chi connectivity index (χ3v) is 3.92. The van der Waals surface area contributed by atoms with Crippen LogP contribution in [0, 0.1) is 0 Å². The van der Waals surface area contributed by atoms with Gasteiger partial charge in [-0.25, -0.2) is 0 Å². The van der Waals surface area contributed by atoms with Gasteiger partial charge in [-0.2, -0.15) is 0 Å². The quantitative estimate of drug-likeness (QED) is 0.551. The summed E-state index contributed by atoms with van der Waals surface area (Å²) in [5.41, 5.74) is 2.47. The van der Waals surface area contributed by atoms with E-state index < -0.39 is 0 Å². The molecule has 0 saturated heterocycles. The van der Waals surface area contributed by atoms with Crippen molar-refractivity contribution in [2.75, 3.05) is 46.7 Å². The number of likely N-dealkylation sites (N-methyl/N-ethyl adjacent to an activating group) is 1. The van der Waals surface area contributed by atoms with Crippen LogP contribution < -0.4 is 14.8 Å². The normalized spacial score (nSPS) is 11.0. The fourth-order valence-corrected chi connectivity index (χ4v) is 2.47. The largest absolute Gasteiger partial charge is 0.497 e. The van der Waals surface area contributed by atoms with Crippen LogP contribution in [0.4, 0.5) is 5.69 Å². The Kier molecular flexibility index (Phi) is 7.24. The van der Waals surface area contributed by atoms with E-state index in [1.807, 2.05) is 44.4 Å². The minimum atomic E-state index is -0.118. The summed E-state index contributed by atoms with van der Waals surface area (Å²) in [4.78, 5) is 14.7. The molecule has 5 nitrogen and oxygen atoms in total. The first-order valence-electron chi connectivity index (χ1n) is 8.47. The van der Waals surface area contributed by atoms with E-state index in [4.69, 9.17) is 9.47 Å². The maximum Gasteiger partial charge on any atom is 0.189 e. The second-order valence-corrected chi connectivity index (χ2v) is 6.08. The number of rotatable bonds is 9. The highest BCUT2D eigenvalue weighted by Crippen LogP contribution is 2.25. The van der Waals surface area contributed by atoms with Gasteiger partial charge in [-0.15, -0.1) is 0 Å². The van der Waals surface area contributed by atoms with Crippen LogP contribution in [0.1, 0.15) is 15.9 Å². The Labute approximate surface area is 155 Å². The van der Waals surface area contributed by atoms with Crippen molar-refractivity contribution < 1.29 is 14.3 Å². The molecule has 0 fully saturated rings. The van der Waals surface area contributed by atoms with Gasteiger partial charge < -0.3 is 19.7 Å². The molecule has 0 amide bonds. The highest BCUT2D eigenvalue weighted by Gasteiger charge is 2.11. The van der Waals surface area contributed by atoms with Gasteiger partial charge in [-0.1, -0.05) is 18.2 Å². The summed E-state index contributed by atoms with van der Waals surface area (Å²) in [5, 5.41) is 3.40. The smallest absolute Gasteiger partial charge is 0.189 e. The molecule has 138 valence electrons. The van der Waals surface area contributed by atoms with E-state index in [1.54, 1.807) is 38.5 Å². The van der Waals surface area contributed by atoms with Crippen LogP contribution in [-0.2, 0) is 0 Å². The van der Waals surface area contributed by atoms with Gasteiger partial charge in [-0.3, -0.25) is 4.79 Å². The highest BCUT2D eigenvalue weighted by atomic mass is 16.5. The third kappa shape index (κ3) is 5.36. The van der Waals surface area contributed by atoms with Gasteiger partial charge in [0.2, 0.25) is 0 Å². The van der Waals surface area contributed by atoms with Crippen molar-refractivity contribution in [3.8, 4) is 11.5 Å². The van der Waals surface area contributed by atoms with E-state index >= 15 is 0 Å². The number of carbonyl (C=O) groups excluding carboxylic acids is 1. The number of nitrogens with one attached hydrogen (secondary N) is 1. The lowest BCUT2D eigenvalue weighted by Gasteiger charge is -2.13. The number of benzene rings is 2. The van der Waals surface area contributed by atoms with Gasteiger partial charge in [0.1, 0.15) is 11.5 Å². The fraction of sp³-hybridized carbons (Fsp3) is 0.286. The molecule has 0 unspecified atom stereocenters. The molecule has 1 N–H and O–H groups in total. The molecule has 0 radical (unpaired) electrons. The Bertz CT molecular complexity index is 770. The number of para-hydroxylation sites is 1.